The number of hydrogen-bond acceptors (Lipinski definition) is 8. The molecule has 1 fully saturated rings. The van der Waals surface area contributed by atoms with Crippen LogP contribution in [-0.2, 0) is 9.47 Å². The van der Waals surface area contributed by atoms with Crippen molar-refractivity contribution in [3.8, 4) is 0 Å². The zero-order valence-electron chi connectivity index (χ0n) is 14.3. The zero-order valence-corrected chi connectivity index (χ0v) is 15.1. The number of ether oxygens (including phenoxy) is 2. The molecular formula is C15H22N4O5S. The Morgan fingerprint density at radius 3 is 2.92 bits per heavy atom. The van der Waals surface area contributed by atoms with Gasteiger partial charge in [0.15, 0.2) is 5.65 Å². The van der Waals surface area contributed by atoms with Gasteiger partial charge in [-0.25, -0.2) is 0 Å². The van der Waals surface area contributed by atoms with Gasteiger partial charge in [-0.05, 0) is 19.8 Å². The number of nitrogens with one attached hydrogen (secondary N) is 1. The third-order valence-electron chi connectivity index (χ3n) is 4.75. The van der Waals surface area contributed by atoms with E-state index in [2.05, 4.69) is 9.97 Å². The Morgan fingerprint density at radius 1 is 1.56 bits per heavy atom. The summed E-state index contributed by atoms with van der Waals surface area (Å²) >= 11 is 0.800. The molecule has 1 aliphatic heterocycles. The van der Waals surface area contributed by atoms with Gasteiger partial charge in [0.2, 0.25) is 5.95 Å². The van der Waals surface area contributed by atoms with E-state index >= 15 is 0 Å². The average molecular weight is 370 g/mol. The summed E-state index contributed by atoms with van der Waals surface area (Å²) in [6, 6.07) is 0. The molecule has 10 heteroatoms. The topological polar surface area (TPSA) is 132 Å². The summed E-state index contributed by atoms with van der Waals surface area (Å²) in [5.74, 6) is -0.238. The zero-order chi connectivity index (χ0) is 18.3. The van der Waals surface area contributed by atoms with Gasteiger partial charge in [0.1, 0.15) is 10.9 Å². The fourth-order valence-corrected chi connectivity index (χ4v) is 4.09. The Bertz CT molecular complexity index is 875. The van der Waals surface area contributed by atoms with Crippen LogP contribution in [0.25, 0.3) is 10.3 Å². The Kier molecular flexibility index (Phi) is 4.96. The van der Waals surface area contributed by atoms with Crippen molar-refractivity contribution in [3.05, 3.63) is 20.0 Å². The van der Waals surface area contributed by atoms with Crippen LogP contribution in [0.15, 0.2) is 9.59 Å². The molecule has 3 rings (SSSR count). The molecule has 0 amide bonds. The largest absolute Gasteiger partial charge is 0.390 e. The minimum Gasteiger partial charge on any atom is -0.390 e. The molecule has 25 heavy (non-hydrogen) atoms. The number of thiazole rings is 1. The molecule has 0 aliphatic carbocycles. The third-order valence-corrected chi connectivity index (χ3v) is 5.70. The standard InChI is InChI=1S/C15H22N4O5S/c1-4-8(20)9-5-7(6(2)23-3)13(24-9)19-11-10(25-15(19)22)12(21)18-14(16)17-11/h6-9,13,20H,4-5H2,1-3H3,(H3,16,17,18,21)/t6-,7+,8+,9?,13-/m1/s1. The maximum atomic E-state index is 12.6. The van der Waals surface area contributed by atoms with E-state index in [0.717, 1.165) is 11.3 Å². The van der Waals surface area contributed by atoms with Crippen LogP contribution >= 0.6 is 11.3 Å². The number of nitrogen functional groups attached to an aromatic ring is 1. The smallest absolute Gasteiger partial charge is 0.311 e. The molecule has 2 aromatic heterocycles. The molecular weight excluding hydrogens is 348 g/mol. The van der Waals surface area contributed by atoms with E-state index in [9.17, 15) is 14.7 Å². The van der Waals surface area contributed by atoms with Crippen LogP contribution in [0.4, 0.5) is 5.95 Å². The van der Waals surface area contributed by atoms with Gasteiger partial charge in [-0.1, -0.05) is 18.3 Å². The Hall–Kier alpha value is -1.75. The van der Waals surface area contributed by atoms with Crippen molar-refractivity contribution in [3.63, 3.8) is 0 Å². The molecule has 138 valence electrons. The number of nitrogens with zero attached hydrogens (tertiary/aromatic N) is 2. The van der Waals surface area contributed by atoms with E-state index in [-0.39, 0.29) is 33.2 Å². The summed E-state index contributed by atoms with van der Waals surface area (Å²) in [7, 11) is 1.58. The van der Waals surface area contributed by atoms with E-state index < -0.39 is 24.0 Å². The fourth-order valence-electron chi connectivity index (χ4n) is 3.25. The van der Waals surface area contributed by atoms with E-state index in [1.165, 1.54) is 4.57 Å². The van der Waals surface area contributed by atoms with Crippen LogP contribution in [-0.4, -0.2) is 45.1 Å². The van der Waals surface area contributed by atoms with Gasteiger partial charge in [-0.2, -0.15) is 4.98 Å². The molecule has 0 saturated carbocycles. The summed E-state index contributed by atoms with van der Waals surface area (Å²) in [6.45, 7) is 3.75. The normalized spacial score (nSPS) is 26.2. The number of anilines is 1. The fraction of sp³-hybridized carbons (Fsp3) is 0.667. The molecule has 1 saturated heterocycles. The van der Waals surface area contributed by atoms with Crippen molar-refractivity contribution >= 4 is 27.6 Å². The number of fused-ring (bicyclic) bond motifs is 1. The highest BCUT2D eigenvalue weighted by Gasteiger charge is 2.43. The molecule has 2 aromatic rings. The first kappa shape index (κ1) is 18.1. The van der Waals surface area contributed by atoms with Crippen LogP contribution in [0, 0.1) is 5.92 Å². The number of H-pyrrole nitrogens is 1. The predicted octanol–water partition coefficient (Wildman–Crippen LogP) is 0.438. The van der Waals surface area contributed by atoms with Crippen molar-refractivity contribution in [1.82, 2.24) is 14.5 Å². The van der Waals surface area contributed by atoms with Crippen LogP contribution in [0.2, 0.25) is 0 Å². The lowest BCUT2D eigenvalue weighted by Crippen LogP contribution is -2.30. The van der Waals surface area contributed by atoms with Crippen molar-refractivity contribution in [2.75, 3.05) is 12.8 Å². The Labute approximate surface area is 147 Å². The average Bonchev–Trinajstić information content (AvgIpc) is 3.14. The lowest BCUT2D eigenvalue weighted by Gasteiger charge is -2.24. The summed E-state index contributed by atoms with van der Waals surface area (Å²) in [5.41, 5.74) is 5.38. The summed E-state index contributed by atoms with van der Waals surface area (Å²) in [6.07, 6.45) is -0.874. The summed E-state index contributed by atoms with van der Waals surface area (Å²) < 4.78 is 13.0. The monoisotopic (exact) mass is 370 g/mol. The number of aliphatic hydroxyl groups excluding tert-OH is 1. The van der Waals surface area contributed by atoms with E-state index in [1.54, 1.807) is 7.11 Å². The molecule has 4 N–H and O–H groups in total. The molecule has 0 bridgehead atoms. The van der Waals surface area contributed by atoms with E-state index in [1.807, 2.05) is 13.8 Å². The highest BCUT2D eigenvalue weighted by atomic mass is 32.1. The number of aromatic nitrogens is 3. The highest BCUT2D eigenvalue weighted by molar-refractivity contribution is 7.16. The molecule has 9 nitrogen and oxygen atoms in total. The van der Waals surface area contributed by atoms with Crippen molar-refractivity contribution in [2.45, 2.75) is 51.2 Å². The first-order chi connectivity index (χ1) is 11.9. The number of aromatic amines is 1. The van der Waals surface area contributed by atoms with Crippen molar-refractivity contribution < 1.29 is 14.6 Å². The van der Waals surface area contributed by atoms with Gasteiger partial charge in [-0.3, -0.25) is 19.1 Å². The van der Waals surface area contributed by atoms with E-state index in [4.69, 9.17) is 15.2 Å². The first-order valence-electron chi connectivity index (χ1n) is 8.14. The van der Waals surface area contributed by atoms with Gasteiger partial charge in [0.05, 0.1) is 18.3 Å². The lowest BCUT2D eigenvalue weighted by atomic mass is 9.95. The Balaban J connectivity index is 2.12. The quantitative estimate of drug-likeness (QED) is 0.695. The molecule has 3 heterocycles. The van der Waals surface area contributed by atoms with Crippen LogP contribution < -0.4 is 16.2 Å². The van der Waals surface area contributed by atoms with Crippen molar-refractivity contribution in [2.24, 2.45) is 5.92 Å². The minimum atomic E-state index is -0.684. The highest BCUT2D eigenvalue weighted by Crippen LogP contribution is 2.39. The van der Waals surface area contributed by atoms with Gasteiger partial charge < -0.3 is 20.3 Å². The molecule has 1 unspecified atom stereocenters. The number of aliphatic hydroxyl groups is 1. The Morgan fingerprint density at radius 2 is 2.28 bits per heavy atom. The number of methoxy groups -OCH3 is 1. The second kappa shape index (κ2) is 6.87. The first-order valence-corrected chi connectivity index (χ1v) is 8.96. The predicted molar refractivity (Wildman–Crippen MR) is 93.7 cm³/mol. The molecule has 5 atom stereocenters. The third kappa shape index (κ3) is 3.10. The maximum Gasteiger partial charge on any atom is 0.311 e. The molecule has 0 radical (unpaired) electrons. The number of nitrogens with two attached hydrogens (primary N) is 1. The molecule has 0 aromatic carbocycles. The van der Waals surface area contributed by atoms with Gasteiger partial charge in [-0.15, -0.1) is 0 Å². The summed E-state index contributed by atoms with van der Waals surface area (Å²) in [5, 5.41) is 10.2. The van der Waals surface area contributed by atoms with Crippen LogP contribution in [0.1, 0.15) is 32.9 Å². The molecule has 0 spiro atoms. The van der Waals surface area contributed by atoms with Gasteiger partial charge in [0.25, 0.3) is 5.56 Å². The van der Waals surface area contributed by atoms with Crippen molar-refractivity contribution in [1.29, 1.82) is 0 Å². The second-order valence-electron chi connectivity index (χ2n) is 6.22. The van der Waals surface area contributed by atoms with E-state index in [0.29, 0.717) is 12.8 Å². The number of hydrogen-bond donors (Lipinski definition) is 3. The second-order valence-corrected chi connectivity index (χ2v) is 7.18. The van der Waals surface area contributed by atoms with Crippen LogP contribution in [0.3, 0.4) is 0 Å². The SMILES string of the molecule is CC[C@H](O)C1C[C@@H]([C@@H](C)OC)[C@H](n2c(=O)sc3c(=O)[nH]c(N)nc32)O1. The maximum absolute atomic E-state index is 12.6. The minimum absolute atomic E-state index is 0.0662. The molecule has 1 aliphatic rings. The summed E-state index contributed by atoms with van der Waals surface area (Å²) in [4.78, 5) is 30.8. The van der Waals surface area contributed by atoms with Crippen LogP contribution in [0.5, 0.6) is 0 Å². The van der Waals surface area contributed by atoms with Gasteiger partial charge >= 0.3 is 4.87 Å². The number of rotatable bonds is 5. The lowest BCUT2D eigenvalue weighted by molar-refractivity contribution is -0.0763. The van der Waals surface area contributed by atoms with Gasteiger partial charge in [0, 0.05) is 13.0 Å².